The van der Waals surface area contributed by atoms with Crippen molar-refractivity contribution in [1.29, 1.82) is 0 Å². The van der Waals surface area contributed by atoms with Gasteiger partial charge in [0.25, 0.3) is 0 Å². The van der Waals surface area contributed by atoms with Gasteiger partial charge in [0.15, 0.2) is 5.58 Å². The van der Waals surface area contributed by atoms with Crippen LogP contribution in [-0.2, 0) is 0 Å². The van der Waals surface area contributed by atoms with Crippen LogP contribution in [0, 0.1) is 0 Å². The van der Waals surface area contributed by atoms with Gasteiger partial charge < -0.3 is 4.42 Å². The Balaban J connectivity index is 1.16. The van der Waals surface area contributed by atoms with Crippen LogP contribution in [0.5, 0.6) is 0 Å². The first-order chi connectivity index (χ1) is 33.9. The summed E-state index contributed by atoms with van der Waals surface area (Å²) in [5.41, 5.74) is 4.34. The number of hydrogen-bond acceptors (Lipinski definition) is 4. The van der Waals surface area contributed by atoms with Crippen LogP contribution in [0.3, 0.4) is 0 Å². The van der Waals surface area contributed by atoms with Gasteiger partial charge in [0.1, 0.15) is 196 Å². The van der Waals surface area contributed by atoms with Crippen molar-refractivity contribution in [3.8, 4) is 55.8 Å². The molecular formula is C46H6B22N2OS. The monoisotopic (exact) mass is 876 g/mol. The van der Waals surface area contributed by atoms with Gasteiger partial charge >= 0.3 is 0 Å². The molecule has 0 N–H and O–H groups in total. The number of furan rings is 1. The third kappa shape index (κ3) is 7.09. The molecule has 0 unspecified atom stereocenters. The van der Waals surface area contributed by atoms with Crippen LogP contribution in [0.4, 0.5) is 0 Å². The summed E-state index contributed by atoms with van der Waals surface area (Å²) in [6.45, 7) is 0. The summed E-state index contributed by atoms with van der Waals surface area (Å²) >= 11 is 1.20. The molecular weight excluding hydrogens is 866 g/mol. The first kappa shape index (κ1) is 50.6. The molecule has 0 fully saturated rings. The highest BCUT2D eigenvalue weighted by Gasteiger charge is 2.27. The standard InChI is InChI=1S/C46H6B22N2OS/c47-10-5-11(48)17(26(53)16(10)20-33(60)38(65)34(61)21-22-35(62)39(66)40(67)41(68)46(22)72-45(20)21)43-44-42(69-6-70-43)8-3-7(1-2-13(8)71-44)14-25(52)18(32(59)37(64)27(14)54)19-30(57)28(55)15(29(56)31(19)58)9-4-12(49)24(51)36(63)23(9)50/h1-6H. The first-order valence-electron chi connectivity index (χ1n) is 21.3. The van der Waals surface area contributed by atoms with Crippen LogP contribution in [0.15, 0.2) is 41.1 Å². The molecule has 72 heavy (non-hydrogen) atoms. The highest BCUT2D eigenvalue weighted by molar-refractivity contribution is 7.28. The Hall–Kier alpha value is -4.93. The maximum absolute atomic E-state index is 7.13. The van der Waals surface area contributed by atoms with Gasteiger partial charge in [-0.2, -0.15) is 0 Å². The SMILES string of the molecule is [B]c1cc(-c2c([B])c([B])c(-c3c([B])c([B])c([B])c(-c4ccc5oc6c(-c7c([B])cc([B])c(-c8c([B])c([B])c([B])c9c8sc8c([B])c([B])c([B])c([B])c89)c7[B])ncnc6c5c4)c3[B])c([B])c2[B])c([B])c([B])c1[B]. The second-order valence-electron chi connectivity index (χ2n) is 17.3. The van der Waals surface area contributed by atoms with Crippen LogP contribution in [0.2, 0.25) is 0 Å². The topological polar surface area (TPSA) is 38.9 Å². The van der Waals surface area contributed by atoms with Crippen molar-refractivity contribution in [1.82, 2.24) is 9.97 Å². The maximum atomic E-state index is 7.13. The Kier molecular flexibility index (Phi) is 12.6. The lowest BCUT2D eigenvalue weighted by atomic mass is 9.56. The van der Waals surface area contributed by atoms with E-state index in [9.17, 15) is 0 Å². The number of benzene rings is 7. The van der Waals surface area contributed by atoms with E-state index in [0.29, 0.717) is 47.8 Å². The van der Waals surface area contributed by atoms with E-state index in [1.165, 1.54) is 29.8 Å². The van der Waals surface area contributed by atoms with Crippen molar-refractivity contribution < 1.29 is 4.42 Å². The van der Waals surface area contributed by atoms with Gasteiger partial charge in [0, 0.05) is 14.8 Å². The third-order valence-electron chi connectivity index (χ3n) is 13.4. The van der Waals surface area contributed by atoms with Crippen LogP contribution >= 0.6 is 11.3 Å². The van der Waals surface area contributed by atoms with E-state index in [0.717, 1.165) is 0 Å². The lowest BCUT2D eigenvalue weighted by molar-refractivity contribution is 0.667. The third-order valence-corrected chi connectivity index (χ3v) is 14.6. The zero-order valence-corrected chi connectivity index (χ0v) is 38.7. The number of thiophene rings is 1. The Bertz CT molecular complexity index is 4120. The van der Waals surface area contributed by atoms with Gasteiger partial charge in [-0.1, -0.05) is 100 Å². The number of aromatic nitrogens is 2. The van der Waals surface area contributed by atoms with Crippen LogP contribution in [0.1, 0.15) is 0 Å². The summed E-state index contributed by atoms with van der Waals surface area (Å²) in [4.78, 5) is 9.24. The van der Waals surface area contributed by atoms with Gasteiger partial charge in [0.05, 0.1) is 0 Å². The quantitative estimate of drug-likeness (QED) is 0.162. The molecule has 0 saturated carbocycles. The molecule has 0 spiro atoms. The normalized spacial score (nSPS) is 11.7. The molecule has 0 aliphatic carbocycles. The van der Waals surface area contributed by atoms with E-state index in [-0.39, 0.29) is 170 Å². The van der Waals surface area contributed by atoms with Gasteiger partial charge in [0.2, 0.25) is 0 Å². The average Bonchev–Trinajstić information content (AvgIpc) is 3.93. The number of rotatable bonds is 5. The molecule has 0 aliphatic heterocycles. The predicted octanol–water partition coefficient (Wildman–Crippen LogP) is -13.5. The molecule has 278 valence electrons. The second-order valence-corrected chi connectivity index (χ2v) is 18.3. The van der Waals surface area contributed by atoms with Gasteiger partial charge in [-0.3, -0.25) is 0 Å². The van der Waals surface area contributed by atoms with Crippen molar-refractivity contribution >= 4 is 346 Å². The molecule has 3 heterocycles. The average molecular weight is 872 g/mol. The first-order valence-corrected chi connectivity index (χ1v) is 22.1. The van der Waals surface area contributed by atoms with E-state index in [1.807, 2.05) is 0 Å². The van der Waals surface area contributed by atoms with E-state index < -0.39 is 0 Å². The molecule has 0 aliphatic rings. The van der Waals surface area contributed by atoms with Crippen LogP contribution in [0.25, 0.3) is 98.0 Å². The molecule has 44 radical (unpaired) electrons. The Morgan fingerprint density at radius 3 is 1.49 bits per heavy atom. The summed E-state index contributed by atoms with van der Waals surface area (Å²) in [6.07, 6.45) is 1.32. The van der Waals surface area contributed by atoms with Gasteiger partial charge in [-0.05, 0) is 73.0 Å². The summed E-state index contributed by atoms with van der Waals surface area (Å²) in [7, 11) is 145. The van der Waals surface area contributed by atoms with Crippen LogP contribution < -0.4 is 120 Å². The van der Waals surface area contributed by atoms with Crippen molar-refractivity contribution in [2.45, 2.75) is 0 Å². The Labute approximate surface area is 450 Å². The summed E-state index contributed by atoms with van der Waals surface area (Å²) < 4.78 is 7.48. The molecule has 0 bridgehead atoms. The van der Waals surface area contributed by atoms with E-state index in [1.54, 1.807) is 18.2 Å². The lowest BCUT2D eigenvalue weighted by Crippen LogP contribution is -2.52. The van der Waals surface area contributed by atoms with E-state index in [2.05, 4.69) is 9.97 Å². The van der Waals surface area contributed by atoms with E-state index >= 15 is 0 Å². The van der Waals surface area contributed by atoms with Crippen molar-refractivity contribution in [2.75, 3.05) is 0 Å². The van der Waals surface area contributed by atoms with Crippen molar-refractivity contribution in [3.63, 3.8) is 0 Å². The molecule has 10 aromatic rings. The predicted molar refractivity (Wildman–Crippen MR) is 328 cm³/mol. The number of nitrogens with zero attached hydrogens (tertiary/aromatic N) is 2. The number of fused-ring (bicyclic) bond motifs is 6. The molecule has 26 heteroatoms. The fourth-order valence-electron chi connectivity index (χ4n) is 9.61. The molecule has 0 atom stereocenters. The molecule has 10 rings (SSSR count). The minimum Gasteiger partial charge on any atom is -0.452 e. The molecule has 0 amide bonds. The summed E-state index contributed by atoms with van der Waals surface area (Å²) in [6, 6.07) is 8.10. The van der Waals surface area contributed by atoms with Gasteiger partial charge in [-0.25, -0.2) is 9.97 Å². The zero-order valence-electron chi connectivity index (χ0n) is 37.9. The minimum atomic E-state index is -0.0657. The minimum absolute atomic E-state index is 0.0174. The molecule has 7 aromatic carbocycles. The van der Waals surface area contributed by atoms with Gasteiger partial charge in [-0.15, -0.1) is 49.6 Å². The fraction of sp³-hybridized carbons (Fsp3) is 0. The molecule has 0 saturated heterocycles. The largest absolute Gasteiger partial charge is 0.452 e. The summed E-state index contributed by atoms with van der Waals surface area (Å²) in [5, 5.41) is 1.35. The summed E-state index contributed by atoms with van der Waals surface area (Å²) in [5.74, 6) is 0. The van der Waals surface area contributed by atoms with E-state index in [4.69, 9.17) is 177 Å². The Morgan fingerprint density at radius 2 is 0.833 bits per heavy atom. The smallest absolute Gasteiger partial charge is 0.180 e. The fourth-order valence-corrected chi connectivity index (χ4v) is 11.0. The second kappa shape index (κ2) is 17.9. The van der Waals surface area contributed by atoms with Crippen molar-refractivity contribution in [2.24, 2.45) is 0 Å². The molecule has 3 nitrogen and oxygen atoms in total. The Morgan fingerprint density at radius 1 is 0.347 bits per heavy atom. The lowest BCUT2D eigenvalue weighted by Gasteiger charge is -2.30. The van der Waals surface area contributed by atoms with Crippen LogP contribution in [-0.4, -0.2) is 183 Å². The van der Waals surface area contributed by atoms with Crippen molar-refractivity contribution in [3.05, 3.63) is 36.7 Å². The maximum Gasteiger partial charge on any atom is 0.180 e. The molecule has 3 aromatic heterocycles. The number of hydrogen-bond donors (Lipinski definition) is 0. The highest BCUT2D eigenvalue weighted by atomic mass is 32.1. The zero-order chi connectivity index (χ0) is 52.2. The highest BCUT2D eigenvalue weighted by Crippen LogP contribution is 2.38.